The molecule has 7 nitrogen and oxygen atoms in total. The summed E-state index contributed by atoms with van der Waals surface area (Å²) in [6.07, 6.45) is -0.868. The highest BCUT2D eigenvalue weighted by molar-refractivity contribution is 6.23. The van der Waals surface area contributed by atoms with Gasteiger partial charge in [0.05, 0.1) is 19.1 Å². The molecule has 1 heterocycles. The monoisotopic (exact) mass is 417 g/mol. The standard InChI is InChI=1S/C23H31NO6/c1-13-10-14(2)17(15(3)11-13)18-19(29-16(25)12-22(4,5)6)23(7,8)24(20(18)26)30-21(27)28-9/h10-11H,12H2,1-9H3. The first-order valence-corrected chi connectivity index (χ1v) is 9.83. The van der Waals surface area contributed by atoms with E-state index >= 15 is 0 Å². The van der Waals surface area contributed by atoms with Crippen LogP contribution in [0, 0.1) is 26.2 Å². The van der Waals surface area contributed by atoms with E-state index in [1.807, 2.05) is 53.7 Å². The number of carbonyl (C=O) groups excluding carboxylic acids is 3. The van der Waals surface area contributed by atoms with Crippen LogP contribution in [0.2, 0.25) is 0 Å². The molecule has 7 heteroatoms. The molecular formula is C23H31NO6. The smallest absolute Gasteiger partial charge is 0.436 e. The third kappa shape index (κ3) is 4.66. The molecule has 1 aromatic carbocycles. The van der Waals surface area contributed by atoms with E-state index in [0.29, 0.717) is 5.56 Å². The van der Waals surface area contributed by atoms with Crippen LogP contribution in [0.25, 0.3) is 5.57 Å². The second kappa shape index (κ2) is 8.13. The molecule has 30 heavy (non-hydrogen) atoms. The van der Waals surface area contributed by atoms with Crippen LogP contribution in [-0.2, 0) is 23.9 Å². The maximum Gasteiger partial charge on any atom is 0.533 e. The van der Waals surface area contributed by atoms with E-state index in [9.17, 15) is 14.4 Å². The third-order valence-electron chi connectivity index (χ3n) is 4.84. The Morgan fingerprint density at radius 1 is 1.07 bits per heavy atom. The van der Waals surface area contributed by atoms with Crippen molar-refractivity contribution in [3.63, 3.8) is 0 Å². The largest absolute Gasteiger partial charge is 0.533 e. The molecule has 0 saturated heterocycles. The van der Waals surface area contributed by atoms with Gasteiger partial charge in [-0.25, -0.2) is 4.79 Å². The van der Waals surface area contributed by atoms with Crippen LogP contribution in [0.1, 0.15) is 63.3 Å². The number of aryl methyl sites for hydroxylation is 3. The maximum atomic E-state index is 13.4. The Hall–Kier alpha value is -2.83. The Kier molecular flexibility index (Phi) is 6.35. The molecule has 0 atom stereocenters. The fraction of sp³-hybridized carbons (Fsp3) is 0.522. The highest BCUT2D eigenvalue weighted by Crippen LogP contribution is 2.43. The van der Waals surface area contributed by atoms with E-state index in [0.717, 1.165) is 28.9 Å². The average Bonchev–Trinajstić information content (AvgIpc) is 2.74. The van der Waals surface area contributed by atoms with Crippen LogP contribution in [0.5, 0.6) is 0 Å². The van der Waals surface area contributed by atoms with Crippen LogP contribution in [0.3, 0.4) is 0 Å². The molecule has 1 amide bonds. The van der Waals surface area contributed by atoms with Crippen molar-refractivity contribution in [2.45, 2.75) is 67.3 Å². The first-order chi connectivity index (χ1) is 13.7. The molecule has 0 radical (unpaired) electrons. The average molecular weight is 418 g/mol. The Morgan fingerprint density at radius 3 is 2.07 bits per heavy atom. The van der Waals surface area contributed by atoms with E-state index < -0.39 is 23.6 Å². The second-order valence-corrected chi connectivity index (χ2v) is 9.39. The number of hydroxylamine groups is 2. The van der Waals surface area contributed by atoms with Gasteiger partial charge in [0.15, 0.2) is 0 Å². The summed E-state index contributed by atoms with van der Waals surface area (Å²) in [7, 11) is 1.16. The quantitative estimate of drug-likeness (QED) is 0.665. The Bertz CT molecular complexity index is 897. The molecule has 0 N–H and O–H groups in total. The van der Waals surface area contributed by atoms with Gasteiger partial charge in [0.1, 0.15) is 11.3 Å². The minimum Gasteiger partial charge on any atom is -0.436 e. The number of hydrogen-bond acceptors (Lipinski definition) is 6. The van der Waals surface area contributed by atoms with E-state index in [-0.39, 0.29) is 23.2 Å². The van der Waals surface area contributed by atoms with Crippen molar-refractivity contribution >= 4 is 23.6 Å². The summed E-state index contributed by atoms with van der Waals surface area (Å²) >= 11 is 0. The molecule has 1 aromatic rings. The first kappa shape index (κ1) is 23.4. The molecule has 1 aliphatic rings. The first-order valence-electron chi connectivity index (χ1n) is 9.83. The highest BCUT2D eigenvalue weighted by Gasteiger charge is 2.52. The number of amides is 1. The number of carbonyl (C=O) groups is 3. The van der Waals surface area contributed by atoms with Gasteiger partial charge in [-0.1, -0.05) is 38.5 Å². The lowest BCUT2D eigenvalue weighted by molar-refractivity contribution is -0.185. The van der Waals surface area contributed by atoms with E-state index in [2.05, 4.69) is 4.74 Å². The zero-order chi connectivity index (χ0) is 23.0. The van der Waals surface area contributed by atoms with Crippen molar-refractivity contribution in [3.05, 3.63) is 40.1 Å². The van der Waals surface area contributed by atoms with Crippen LogP contribution >= 0.6 is 0 Å². The van der Waals surface area contributed by atoms with Crippen molar-refractivity contribution in [2.24, 2.45) is 5.41 Å². The molecule has 0 bridgehead atoms. The SMILES string of the molecule is COC(=O)ON1C(=O)C(c2c(C)cc(C)cc2C)=C(OC(=O)CC(C)(C)C)C1(C)C. The molecule has 0 unspecified atom stereocenters. The normalized spacial score (nSPS) is 16.0. The lowest BCUT2D eigenvalue weighted by Gasteiger charge is -2.30. The predicted molar refractivity (Wildman–Crippen MR) is 112 cm³/mol. The number of rotatable bonds is 4. The number of ether oxygens (including phenoxy) is 2. The minimum atomic E-state index is -1.21. The Morgan fingerprint density at radius 2 is 1.60 bits per heavy atom. The topological polar surface area (TPSA) is 82.1 Å². The van der Waals surface area contributed by atoms with E-state index in [4.69, 9.17) is 9.57 Å². The van der Waals surface area contributed by atoms with Crippen molar-refractivity contribution in [3.8, 4) is 0 Å². The van der Waals surface area contributed by atoms with Crippen molar-refractivity contribution in [1.82, 2.24) is 5.06 Å². The molecule has 1 aliphatic heterocycles. The zero-order valence-corrected chi connectivity index (χ0v) is 19.3. The summed E-state index contributed by atoms with van der Waals surface area (Å²) in [6.45, 7) is 14.8. The van der Waals surface area contributed by atoms with Gasteiger partial charge in [0.2, 0.25) is 0 Å². The van der Waals surface area contributed by atoms with Crippen molar-refractivity contribution < 1.29 is 28.7 Å². The van der Waals surface area contributed by atoms with Crippen LogP contribution in [0.4, 0.5) is 4.79 Å². The minimum absolute atomic E-state index is 0.153. The number of esters is 1. The van der Waals surface area contributed by atoms with Gasteiger partial charge in [0.25, 0.3) is 5.91 Å². The van der Waals surface area contributed by atoms with Crippen molar-refractivity contribution in [1.29, 1.82) is 0 Å². The van der Waals surface area contributed by atoms with Gasteiger partial charge in [-0.05, 0) is 56.7 Å². The predicted octanol–water partition coefficient (Wildman–Crippen LogP) is 4.62. The fourth-order valence-corrected chi connectivity index (χ4v) is 3.67. The highest BCUT2D eigenvalue weighted by atomic mass is 16.8. The molecule has 0 spiro atoms. The second-order valence-electron chi connectivity index (χ2n) is 9.39. The lowest BCUT2D eigenvalue weighted by atomic mass is 9.91. The number of methoxy groups -OCH3 is 1. The molecular weight excluding hydrogens is 386 g/mol. The third-order valence-corrected chi connectivity index (χ3v) is 4.84. The van der Waals surface area contributed by atoms with Gasteiger partial charge in [-0.15, -0.1) is 0 Å². The number of benzene rings is 1. The van der Waals surface area contributed by atoms with E-state index in [1.54, 1.807) is 13.8 Å². The maximum absolute atomic E-state index is 13.4. The molecule has 0 saturated carbocycles. The lowest BCUT2D eigenvalue weighted by Crippen LogP contribution is -2.45. The summed E-state index contributed by atoms with van der Waals surface area (Å²) < 4.78 is 10.3. The summed E-state index contributed by atoms with van der Waals surface area (Å²) in [5.41, 5.74) is 2.13. The number of hydrogen-bond donors (Lipinski definition) is 0. The van der Waals surface area contributed by atoms with Gasteiger partial charge < -0.3 is 14.3 Å². The molecule has 2 rings (SSSR count). The Balaban J connectivity index is 2.67. The summed E-state index contributed by atoms with van der Waals surface area (Å²) in [5, 5.41) is 0.909. The van der Waals surface area contributed by atoms with Crippen LogP contribution in [0.15, 0.2) is 17.9 Å². The summed E-state index contributed by atoms with van der Waals surface area (Å²) in [6, 6.07) is 3.90. The molecule has 164 valence electrons. The van der Waals surface area contributed by atoms with Crippen molar-refractivity contribution in [2.75, 3.05) is 7.11 Å². The molecule has 0 fully saturated rings. The fourth-order valence-electron chi connectivity index (χ4n) is 3.67. The van der Waals surface area contributed by atoms with Gasteiger partial charge in [-0.3, -0.25) is 9.59 Å². The summed E-state index contributed by atoms with van der Waals surface area (Å²) in [4.78, 5) is 43.0. The Labute approximate surface area is 177 Å². The summed E-state index contributed by atoms with van der Waals surface area (Å²) in [5.74, 6) is -0.877. The van der Waals surface area contributed by atoms with Gasteiger partial charge >= 0.3 is 12.1 Å². The van der Waals surface area contributed by atoms with Gasteiger partial charge in [-0.2, -0.15) is 5.06 Å². The van der Waals surface area contributed by atoms with Gasteiger partial charge in [0, 0.05) is 0 Å². The molecule has 0 aromatic heterocycles. The zero-order valence-electron chi connectivity index (χ0n) is 19.3. The molecule has 0 aliphatic carbocycles. The van der Waals surface area contributed by atoms with E-state index in [1.165, 1.54) is 0 Å². The van der Waals surface area contributed by atoms with Crippen LogP contribution in [-0.4, -0.2) is 35.7 Å². The van der Waals surface area contributed by atoms with Crippen LogP contribution < -0.4 is 0 Å². The number of nitrogens with zero attached hydrogens (tertiary/aromatic N) is 1.